The van der Waals surface area contributed by atoms with Crippen LogP contribution >= 0.6 is 23.2 Å². The Morgan fingerprint density at radius 3 is 2.67 bits per heavy atom. The number of para-hydroxylation sites is 1. The summed E-state index contributed by atoms with van der Waals surface area (Å²) in [5.41, 5.74) is 7.28. The van der Waals surface area contributed by atoms with Gasteiger partial charge in [-0.15, -0.1) is 0 Å². The third-order valence-electron chi connectivity index (χ3n) is 5.03. The average molecular weight is 528 g/mol. The first kappa shape index (κ1) is 25.2. The molecule has 0 radical (unpaired) electrons. The number of oxazole rings is 1. The largest absolute Gasteiger partial charge is 0.478 e. The monoisotopic (exact) mass is 527 g/mol. The van der Waals surface area contributed by atoms with Crippen LogP contribution in [0.1, 0.15) is 22.1 Å². The van der Waals surface area contributed by atoms with Gasteiger partial charge in [-0.2, -0.15) is 0 Å². The second-order valence-corrected chi connectivity index (χ2v) is 8.47. The molecule has 0 saturated heterocycles. The zero-order chi connectivity index (χ0) is 25.7. The molecule has 0 aliphatic carbocycles. The molecule has 10 nitrogen and oxygen atoms in total. The Kier molecular flexibility index (Phi) is 7.89. The van der Waals surface area contributed by atoms with Crippen molar-refractivity contribution in [2.24, 2.45) is 5.73 Å². The summed E-state index contributed by atoms with van der Waals surface area (Å²) in [6.45, 7) is 2.77. The summed E-state index contributed by atoms with van der Waals surface area (Å²) in [6.07, 6.45) is 1.57. The van der Waals surface area contributed by atoms with Gasteiger partial charge in [-0.3, -0.25) is 0 Å². The number of nitrogens with one attached hydrogen (secondary N) is 3. The number of aromatic carboxylic acids is 1. The van der Waals surface area contributed by atoms with E-state index in [0.717, 1.165) is 0 Å². The lowest BCUT2D eigenvalue weighted by Gasteiger charge is -2.18. The summed E-state index contributed by atoms with van der Waals surface area (Å²) in [7, 11) is 0. The Morgan fingerprint density at radius 1 is 1.11 bits per heavy atom. The molecule has 0 amide bonds. The number of halogens is 2. The molecule has 2 aromatic carbocycles. The molecule has 0 saturated carbocycles. The molecule has 0 unspecified atom stereocenters. The van der Waals surface area contributed by atoms with Gasteiger partial charge in [-0.05, 0) is 37.3 Å². The fraction of sp³-hybridized carbons (Fsp3) is 0.167. The highest BCUT2D eigenvalue weighted by molar-refractivity contribution is 6.35. The number of benzene rings is 2. The van der Waals surface area contributed by atoms with Crippen LogP contribution in [0.5, 0.6) is 0 Å². The first-order valence-electron chi connectivity index (χ1n) is 10.9. The van der Waals surface area contributed by atoms with Crippen molar-refractivity contribution in [3.63, 3.8) is 0 Å². The highest BCUT2D eigenvalue weighted by atomic mass is 35.5. The molecular formula is C24H23Cl2N7O3. The van der Waals surface area contributed by atoms with Gasteiger partial charge >= 0.3 is 5.97 Å². The number of aromatic nitrogens is 3. The number of aryl methyl sites for hydroxylation is 1. The molecule has 12 heteroatoms. The van der Waals surface area contributed by atoms with Gasteiger partial charge in [0.15, 0.2) is 17.4 Å². The number of hydrogen-bond acceptors (Lipinski definition) is 9. The van der Waals surface area contributed by atoms with Gasteiger partial charge < -0.3 is 31.2 Å². The number of hydrogen-bond donors (Lipinski definition) is 5. The Morgan fingerprint density at radius 2 is 1.89 bits per heavy atom. The Labute approximate surface area is 216 Å². The number of carbonyl (C=O) groups is 1. The summed E-state index contributed by atoms with van der Waals surface area (Å²) in [4.78, 5) is 25.0. The van der Waals surface area contributed by atoms with Crippen molar-refractivity contribution in [2.75, 3.05) is 29.0 Å². The molecule has 2 heterocycles. The van der Waals surface area contributed by atoms with Crippen LogP contribution in [-0.4, -0.2) is 39.1 Å². The predicted molar refractivity (Wildman–Crippen MR) is 140 cm³/mol. The van der Waals surface area contributed by atoms with Crippen LogP contribution in [0.2, 0.25) is 10.0 Å². The first-order valence-corrected chi connectivity index (χ1v) is 11.7. The maximum Gasteiger partial charge on any atom is 0.337 e. The summed E-state index contributed by atoms with van der Waals surface area (Å²) in [6, 6.07) is 11.6. The Hall–Kier alpha value is -3.86. The summed E-state index contributed by atoms with van der Waals surface area (Å²) in [5.74, 6) is 1.13. The third kappa shape index (κ3) is 5.85. The van der Waals surface area contributed by atoms with E-state index in [1.54, 1.807) is 49.5 Å². The van der Waals surface area contributed by atoms with Crippen LogP contribution < -0.4 is 21.7 Å². The fourth-order valence-electron chi connectivity index (χ4n) is 3.42. The van der Waals surface area contributed by atoms with Gasteiger partial charge in [-0.1, -0.05) is 35.3 Å². The quantitative estimate of drug-likeness (QED) is 0.186. The van der Waals surface area contributed by atoms with Crippen molar-refractivity contribution < 1.29 is 14.3 Å². The topological polar surface area (TPSA) is 151 Å². The van der Waals surface area contributed by atoms with Gasteiger partial charge in [0.25, 0.3) is 0 Å². The molecule has 186 valence electrons. The van der Waals surface area contributed by atoms with Crippen LogP contribution in [0.25, 0.3) is 11.3 Å². The third-order valence-corrected chi connectivity index (χ3v) is 5.60. The number of carboxylic acid groups (broad SMARTS) is 1. The van der Waals surface area contributed by atoms with Crippen molar-refractivity contribution in [2.45, 2.75) is 13.5 Å². The fourth-order valence-corrected chi connectivity index (χ4v) is 3.80. The number of nitrogens with zero attached hydrogens (tertiary/aromatic N) is 3. The number of anilines is 4. The second-order valence-electron chi connectivity index (χ2n) is 7.63. The van der Waals surface area contributed by atoms with Crippen molar-refractivity contribution in [1.29, 1.82) is 0 Å². The molecule has 36 heavy (non-hydrogen) atoms. The highest BCUT2D eigenvalue weighted by Crippen LogP contribution is 2.33. The second kappa shape index (κ2) is 11.3. The van der Waals surface area contributed by atoms with Crippen molar-refractivity contribution in [1.82, 2.24) is 15.0 Å². The zero-order valence-electron chi connectivity index (χ0n) is 19.2. The van der Waals surface area contributed by atoms with Crippen molar-refractivity contribution in [3.8, 4) is 11.3 Å². The van der Waals surface area contributed by atoms with E-state index in [-0.39, 0.29) is 12.1 Å². The molecule has 0 fully saturated rings. The first-order chi connectivity index (χ1) is 17.4. The van der Waals surface area contributed by atoms with Gasteiger partial charge in [-0.25, -0.2) is 19.7 Å². The lowest BCUT2D eigenvalue weighted by molar-refractivity contribution is 0.0698. The van der Waals surface area contributed by atoms with Gasteiger partial charge in [0.2, 0.25) is 5.89 Å². The lowest BCUT2D eigenvalue weighted by Crippen LogP contribution is -2.17. The predicted octanol–water partition coefficient (Wildman–Crippen LogP) is 5.17. The molecule has 0 spiro atoms. The molecule has 6 N–H and O–H groups in total. The van der Waals surface area contributed by atoms with E-state index in [9.17, 15) is 9.90 Å². The minimum absolute atomic E-state index is 0.104. The minimum Gasteiger partial charge on any atom is -0.478 e. The molecule has 0 atom stereocenters. The number of rotatable bonds is 10. The van der Waals surface area contributed by atoms with E-state index in [0.29, 0.717) is 69.2 Å². The lowest BCUT2D eigenvalue weighted by atomic mass is 10.2. The normalized spacial score (nSPS) is 10.8. The Balaban J connectivity index is 1.65. The van der Waals surface area contributed by atoms with Crippen LogP contribution in [-0.2, 0) is 6.54 Å². The van der Waals surface area contributed by atoms with E-state index in [1.165, 1.54) is 6.07 Å². The van der Waals surface area contributed by atoms with E-state index < -0.39 is 5.97 Å². The van der Waals surface area contributed by atoms with Gasteiger partial charge in [0.05, 0.1) is 29.0 Å². The standard InChI is InChI=1S/C24H23Cl2N7O3/c1-13-31-22(28-9-8-27)21(23(32-13)33-18-5-3-2-4-15(18)24(34)35)30-12-20-29-11-19(36-20)16-10-14(25)6-7-17(16)26/h2-7,10-11,30H,8-9,12,27H2,1H3,(H,34,35)(H2,28,31,32,33). The van der Waals surface area contributed by atoms with Crippen molar-refractivity contribution in [3.05, 3.63) is 76.0 Å². The van der Waals surface area contributed by atoms with E-state index >= 15 is 0 Å². The summed E-state index contributed by atoms with van der Waals surface area (Å²) in [5, 5.41) is 20.1. The maximum atomic E-state index is 11.7. The number of carboxylic acids is 1. The summed E-state index contributed by atoms with van der Waals surface area (Å²) >= 11 is 12.4. The highest BCUT2D eigenvalue weighted by Gasteiger charge is 2.18. The van der Waals surface area contributed by atoms with E-state index in [4.69, 9.17) is 33.4 Å². The van der Waals surface area contributed by atoms with E-state index in [2.05, 4.69) is 30.9 Å². The molecule has 2 aromatic heterocycles. The molecule has 0 aliphatic rings. The van der Waals surface area contributed by atoms with Crippen molar-refractivity contribution >= 4 is 52.2 Å². The van der Waals surface area contributed by atoms with Crippen LogP contribution in [0.15, 0.2) is 53.1 Å². The van der Waals surface area contributed by atoms with Crippen LogP contribution in [0.3, 0.4) is 0 Å². The minimum atomic E-state index is -1.06. The SMILES string of the molecule is Cc1nc(NCCN)c(NCc2ncc(-c3cc(Cl)ccc3Cl)o2)c(Nc2ccccc2C(=O)O)n1. The Bertz CT molecular complexity index is 1390. The zero-order valence-corrected chi connectivity index (χ0v) is 20.7. The number of nitrogens with two attached hydrogens (primary N) is 1. The molecular weight excluding hydrogens is 505 g/mol. The molecule has 4 rings (SSSR count). The molecule has 0 aliphatic heterocycles. The average Bonchev–Trinajstić information content (AvgIpc) is 3.32. The van der Waals surface area contributed by atoms with Gasteiger partial charge in [0.1, 0.15) is 11.5 Å². The molecule has 4 aromatic rings. The smallest absolute Gasteiger partial charge is 0.337 e. The van der Waals surface area contributed by atoms with E-state index in [1.807, 2.05) is 0 Å². The maximum absolute atomic E-state index is 11.7. The van der Waals surface area contributed by atoms with Gasteiger partial charge in [0, 0.05) is 23.7 Å². The van der Waals surface area contributed by atoms with Crippen LogP contribution in [0.4, 0.5) is 23.0 Å². The summed E-state index contributed by atoms with van der Waals surface area (Å²) < 4.78 is 5.88. The van der Waals surface area contributed by atoms with Crippen LogP contribution in [0, 0.1) is 6.92 Å². The molecule has 0 bridgehead atoms.